The van der Waals surface area contributed by atoms with Gasteiger partial charge in [0.1, 0.15) is 34.7 Å². The molecule has 10 rings (SSSR count). The number of benzene rings is 2. The van der Waals surface area contributed by atoms with Crippen LogP contribution in [0.15, 0.2) is 96.0 Å². The fourth-order valence-corrected chi connectivity index (χ4v) is 7.86. The molecular formula is C42H34F4N10O2S2. The SMILES string of the molecule is CS(=O)(=O)c1nccc(-c2c(-c3ccc(F)cc3F)nc3c(CC4CC4)nccn23)n1.CSc1nccc(-c2c(-c3ccc(F)cc3F)nc3c(CC4CC4)nccn23)n1. The van der Waals surface area contributed by atoms with Crippen molar-refractivity contribution in [2.75, 3.05) is 12.5 Å². The first-order chi connectivity index (χ1) is 28.9. The second kappa shape index (κ2) is 15.8. The van der Waals surface area contributed by atoms with Gasteiger partial charge in [0, 0.05) is 66.7 Å². The minimum absolute atomic E-state index is 0.0805. The number of fused-ring (bicyclic) bond motifs is 2. The molecule has 6 heterocycles. The lowest BCUT2D eigenvalue weighted by atomic mass is 10.1. The van der Waals surface area contributed by atoms with E-state index in [0.717, 1.165) is 61.5 Å². The standard InChI is InChI=1S/C21H17F2N5O2S.C21H17F2N5S/c1-31(29,30)21-25-7-6-16(26-21)19-18(14-5-4-13(22)11-15(14)23)27-20-17(10-12-2-3-12)24-8-9-28(19)20;1-29-21-25-7-6-16(26-21)19-18(14-5-4-13(22)11-15(14)23)27-20-17(10-12-2-3-12)24-8-9-28(19)20/h4-9,11-12H,2-3,10H2,1H3;4-9,11-12H,2-3,10H2,1H3. The Morgan fingerprint density at radius 3 is 1.57 bits per heavy atom. The maximum absolute atomic E-state index is 14.7. The number of rotatable bonds is 10. The van der Waals surface area contributed by atoms with Crippen LogP contribution in [-0.4, -0.2) is 69.6 Å². The maximum atomic E-state index is 14.7. The number of hydrogen-bond donors (Lipinski definition) is 0. The van der Waals surface area contributed by atoms with Crippen molar-refractivity contribution in [2.24, 2.45) is 11.8 Å². The Morgan fingerprint density at radius 1 is 0.633 bits per heavy atom. The number of sulfone groups is 1. The highest BCUT2D eigenvalue weighted by atomic mass is 32.2. The number of imidazole rings is 2. The van der Waals surface area contributed by atoms with E-state index in [1.807, 2.05) is 10.7 Å². The molecule has 8 aromatic rings. The predicted molar refractivity (Wildman–Crippen MR) is 216 cm³/mol. The van der Waals surface area contributed by atoms with Gasteiger partial charge in [0.05, 0.1) is 34.2 Å². The van der Waals surface area contributed by atoms with E-state index >= 15 is 0 Å². The van der Waals surface area contributed by atoms with Crippen molar-refractivity contribution in [1.82, 2.24) is 48.7 Å². The summed E-state index contributed by atoms with van der Waals surface area (Å²) < 4.78 is 84.0. The smallest absolute Gasteiger partial charge is 0.247 e. The van der Waals surface area contributed by atoms with Crippen LogP contribution in [0.4, 0.5) is 17.6 Å². The second-order valence-electron chi connectivity index (χ2n) is 14.7. The highest BCUT2D eigenvalue weighted by molar-refractivity contribution is 7.98. The molecule has 6 aromatic heterocycles. The summed E-state index contributed by atoms with van der Waals surface area (Å²) in [6.45, 7) is 0. The van der Waals surface area contributed by atoms with E-state index in [2.05, 4.69) is 34.9 Å². The molecule has 2 aliphatic carbocycles. The van der Waals surface area contributed by atoms with Gasteiger partial charge in [0.15, 0.2) is 16.5 Å². The Morgan fingerprint density at radius 2 is 1.12 bits per heavy atom. The van der Waals surface area contributed by atoms with Crippen molar-refractivity contribution >= 4 is 32.9 Å². The number of halogens is 4. The zero-order valence-electron chi connectivity index (χ0n) is 32.1. The van der Waals surface area contributed by atoms with Gasteiger partial charge in [-0.2, -0.15) is 0 Å². The van der Waals surface area contributed by atoms with Gasteiger partial charge in [-0.1, -0.05) is 11.8 Å². The zero-order chi connectivity index (χ0) is 41.7. The van der Waals surface area contributed by atoms with Crippen LogP contribution in [0, 0.1) is 35.1 Å². The van der Waals surface area contributed by atoms with Crippen molar-refractivity contribution in [3.63, 3.8) is 0 Å². The molecule has 0 atom stereocenters. The Labute approximate surface area is 345 Å². The van der Waals surface area contributed by atoms with E-state index < -0.39 is 33.1 Å². The molecule has 0 N–H and O–H groups in total. The first-order valence-electron chi connectivity index (χ1n) is 19.0. The Balaban J connectivity index is 0.000000154. The average Bonchev–Trinajstić information content (AvgIpc) is 4.16. The van der Waals surface area contributed by atoms with E-state index in [4.69, 9.17) is 4.98 Å². The lowest BCUT2D eigenvalue weighted by molar-refractivity contribution is 0.584. The maximum Gasteiger partial charge on any atom is 0.247 e. The third-order valence-electron chi connectivity index (χ3n) is 10.2. The van der Waals surface area contributed by atoms with Crippen LogP contribution in [0.5, 0.6) is 0 Å². The quantitative estimate of drug-likeness (QED) is 0.0744. The van der Waals surface area contributed by atoms with Crippen LogP contribution >= 0.6 is 11.8 Å². The second-order valence-corrected chi connectivity index (χ2v) is 17.4. The third kappa shape index (κ3) is 7.95. The van der Waals surface area contributed by atoms with E-state index in [1.165, 1.54) is 55.1 Å². The van der Waals surface area contributed by atoms with Gasteiger partial charge in [0.2, 0.25) is 15.0 Å². The molecule has 0 spiro atoms. The Bertz CT molecular complexity index is 3060. The molecule has 2 saturated carbocycles. The molecule has 12 nitrogen and oxygen atoms in total. The first-order valence-corrected chi connectivity index (χ1v) is 22.1. The van der Waals surface area contributed by atoms with Crippen LogP contribution in [0.3, 0.4) is 0 Å². The summed E-state index contributed by atoms with van der Waals surface area (Å²) in [5.41, 5.74) is 5.70. The van der Waals surface area contributed by atoms with Crippen LogP contribution in [0.1, 0.15) is 37.1 Å². The Kier molecular flexibility index (Phi) is 10.4. The fourth-order valence-electron chi connectivity index (χ4n) is 6.99. The topological polar surface area (TPSA) is 146 Å². The molecule has 0 bridgehead atoms. The molecule has 0 amide bonds. The van der Waals surface area contributed by atoms with Crippen molar-refractivity contribution in [2.45, 2.75) is 48.8 Å². The lowest BCUT2D eigenvalue weighted by Crippen LogP contribution is -2.05. The molecule has 18 heteroatoms. The van der Waals surface area contributed by atoms with Crippen molar-refractivity contribution in [3.8, 4) is 45.3 Å². The lowest BCUT2D eigenvalue weighted by Gasteiger charge is -2.07. The van der Waals surface area contributed by atoms with Gasteiger partial charge in [-0.15, -0.1) is 0 Å². The van der Waals surface area contributed by atoms with Gasteiger partial charge >= 0.3 is 0 Å². The number of thioether (sulfide) groups is 1. The van der Waals surface area contributed by atoms with Gasteiger partial charge in [-0.05, 0) is 93.0 Å². The van der Waals surface area contributed by atoms with Crippen LogP contribution in [0.2, 0.25) is 0 Å². The summed E-state index contributed by atoms with van der Waals surface area (Å²) in [5, 5.41) is 0.257. The number of hydrogen-bond acceptors (Lipinski definition) is 11. The molecule has 0 aliphatic heterocycles. The number of aromatic nitrogens is 10. The summed E-state index contributed by atoms with van der Waals surface area (Å²) in [6.07, 6.45) is 19.0. The van der Waals surface area contributed by atoms with E-state index in [0.29, 0.717) is 51.1 Å². The summed E-state index contributed by atoms with van der Waals surface area (Å²) >= 11 is 1.42. The predicted octanol–water partition coefficient (Wildman–Crippen LogP) is 8.29. The zero-order valence-corrected chi connectivity index (χ0v) is 33.7. The van der Waals surface area contributed by atoms with Gasteiger partial charge in [0.25, 0.3) is 0 Å². The third-order valence-corrected chi connectivity index (χ3v) is 11.6. The molecule has 2 aromatic carbocycles. The first kappa shape index (κ1) is 39.3. The van der Waals surface area contributed by atoms with Crippen molar-refractivity contribution < 1.29 is 26.0 Å². The summed E-state index contributed by atoms with van der Waals surface area (Å²) in [7, 11) is -3.66. The van der Waals surface area contributed by atoms with E-state index in [1.54, 1.807) is 41.5 Å². The van der Waals surface area contributed by atoms with Crippen LogP contribution in [0.25, 0.3) is 56.6 Å². The van der Waals surface area contributed by atoms with E-state index in [9.17, 15) is 26.0 Å². The minimum atomic E-state index is -3.66. The molecular weight excluding hydrogens is 817 g/mol. The fraction of sp³-hybridized carbons (Fsp3) is 0.238. The highest BCUT2D eigenvalue weighted by Crippen LogP contribution is 2.39. The average molecular weight is 851 g/mol. The van der Waals surface area contributed by atoms with Crippen LogP contribution < -0.4 is 0 Å². The molecule has 60 heavy (non-hydrogen) atoms. The summed E-state index contributed by atoms with van der Waals surface area (Å²) in [4.78, 5) is 35.2. The summed E-state index contributed by atoms with van der Waals surface area (Å²) in [5.74, 6) is -1.60. The molecule has 2 fully saturated rings. The van der Waals surface area contributed by atoms with Crippen LogP contribution in [-0.2, 0) is 22.7 Å². The molecule has 0 saturated heterocycles. The van der Waals surface area contributed by atoms with Crippen molar-refractivity contribution in [3.05, 3.63) is 120 Å². The number of nitrogens with zero attached hydrogens (tertiary/aromatic N) is 10. The Hall–Kier alpha value is -6.14. The van der Waals surface area contributed by atoms with E-state index in [-0.39, 0.29) is 27.7 Å². The summed E-state index contributed by atoms with van der Waals surface area (Å²) in [6, 6.07) is 10.1. The monoisotopic (exact) mass is 850 g/mol. The highest BCUT2D eigenvalue weighted by Gasteiger charge is 2.29. The van der Waals surface area contributed by atoms with Gasteiger partial charge in [-0.3, -0.25) is 18.8 Å². The minimum Gasteiger partial charge on any atom is -0.295 e. The van der Waals surface area contributed by atoms with Gasteiger partial charge in [-0.25, -0.2) is 55.9 Å². The molecule has 2 aliphatic rings. The molecule has 0 radical (unpaired) electrons. The van der Waals surface area contributed by atoms with Gasteiger partial charge < -0.3 is 0 Å². The largest absolute Gasteiger partial charge is 0.295 e. The molecule has 0 unspecified atom stereocenters. The normalized spacial score (nSPS) is 14.1. The molecule has 304 valence electrons. The van der Waals surface area contributed by atoms with Crippen molar-refractivity contribution in [1.29, 1.82) is 0 Å².